The molecule has 0 aliphatic carbocycles. The lowest BCUT2D eigenvalue weighted by atomic mass is 10.1. The van der Waals surface area contributed by atoms with Crippen LogP contribution in [-0.4, -0.2) is 24.3 Å². The zero-order valence-electron chi connectivity index (χ0n) is 13.9. The second kappa shape index (κ2) is 8.43. The summed E-state index contributed by atoms with van der Waals surface area (Å²) in [6.45, 7) is 3.51. The molecule has 2 rings (SSSR count). The van der Waals surface area contributed by atoms with E-state index in [1.165, 1.54) is 0 Å². The molecule has 0 atom stereocenters. The van der Waals surface area contributed by atoms with Gasteiger partial charge in [-0.25, -0.2) is 0 Å². The van der Waals surface area contributed by atoms with Crippen molar-refractivity contribution < 1.29 is 14.4 Å². The van der Waals surface area contributed by atoms with E-state index < -0.39 is 11.8 Å². The fraction of sp³-hybridized carbons (Fsp3) is 0.167. The van der Waals surface area contributed by atoms with Crippen LogP contribution in [0, 0.1) is 13.8 Å². The number of amides is 3. The molecule has 3 amide bonds. The number of hydrogen-bond donors (Lipinski definition) is 3. The van der Waals surface area contributed by atoms with E-state index in [2.05, 4.69) is 32.1 Å². The highest BCUT2D eigenvalue weighted by molar-refractivity contribution is 9.10. The highest BCUT2D eigenvalue weighted by atomic mass is 79.9. The van der Waals surface area contributed by atoms with Crippen LogP contribution < -0.4 is 16.2 Å². The third-order valence-corrected chi connectivity index (χ3v) is 3.99. The Morgan fingerprint density at radius 3 is 2.24 bits per heavy atom. The summed E-state index contributed by atoms with van der Waals surface area (Å²) < 4.78 is 0.857. The molecule has 130 valence electrons. The van der Waals surface area contributed by atoms with Crippen molar-refractivity contribution in [2.75, 3.05) is 6.54 Å². The lowest BCUT2D eigenvalue weighted by Crippen LogP contribution is -2.46. The number of rotatable bonds is 4. The number of carbonyl (C=O) groups excluding carboxylic acids is 3. The summed E-state index contributed by atoms with van der Waals surface area (Å²) in [5.41, 5.74) is 7.39. The van der Waals surface area contributed by atoms with Crippen molar-refractivity contribution in [3.8, 4) is 0 Å². The number of hydrazine groups is 1. The molecule has 0 spiro atoms. The van der Waals surface area contributed by atoms with Crippen molar-refractivity contribution in [2.45, 2.75) is 13.8 Å². The summed E-state index contributed by atoms with van der Waals surface area (Å²) >= 11 is 3.28. The quantitative estimate of drug-likeness (QED) is 0.684. The summed E-state index contributed by atoms with van der Waals surface area (Å²) in [6, 6.07) is 12.1. The summed E-state index contributed by atoms with van der Waals surface area (Å²) in [7, 11) is 0. The van der Waals surface area contributed by atoms with Gasteiger partial charge in [0.1, 0.15) is 0 Å². The van der Waals surface area contributed by atoms with Crippen LogP contribution in [0.15, 0.2) is 46.9 Å². The van der Waals surface area contributed by atoms with Crippen molar-refractivity contribution in [2.24, 2.45) is 0 Å². The predicted molar refractivity (Wildman–Crippen MR) is 98.0 cm³/mol. The van der Waals surface area contributed by atoms with Crippen molar-refractivity contribution in [3.63, 3.8) is 0 Å². The second-order valence-corrected chi connectivity index (χ2v) is 6.43. The Balaban J connectivity index is 1.81. The molecule has 0 saturated heterocycles. The van der Waals surface area contributed by atoms with Crippen molar-refractivity contribution in [1.82, 2.24) is 16.2 Å². The molecule has 2 aromatic carbocycles. The molecule has 0 bridgehead atoms. The third kappa shape index (κ3) is 5.42. The standard InChI is InChI=1S/C18H18BrN3O3/c1-11-3-8-15(12(2)9-11)18(25)22-21-16(23)10-20-17(24)13-4-6-14(19)7-5-13/h3-9H,10H2,1-2H3,(H,20,24)(H,21,23)(H,22,25). The molecule has 25 heavy (non-hydrogen) atoms. The van der Waals surface area contributed by atoms with E-state index >= 15 is 0 Å². The van der Waals surface area contributed by atoms with Gasteiger partial charge in [0.05, 0.1) is 6.54 Å². The molecule has 0 aliphatic rings. The lowest BCUT2D eigenvalue weighted by molar-refractivity contribution is -0.120. The lowest BCUT2D eigenvalue weighted by Gasteiger charge is -2.10. The SMILES string of the molecule is Cc1ccc(C(=O)NNC(=O)CNC(=O)c2ccc(Br)cc2)c(C)c1. The first-order valence-corrected chi connectivity index (χ1v) is 8.36. The van der Waals surface area contributed by atoms with Gasteiger partial charge in [-0.1, -0.05) is 33.6 Å². The van der Waals surface area contributed by atoms with Gasteiger partial charge in [-0.15, -0.1) is 0 Å². The Kier molecular flexibility index (Phi) is 6.30. The van der Waals surface area contributed by atoms with E-state index in [1.54, 1.807) is 30.3 Å². The van der Waals surface area contributed by atoms with Crippen molar-refractivity contribution in [1.29, 1.82) is 0 Å². The average Bonchev–Trinajstić information content (AvgIpc) is 2.58. The minimum atomic E-state index is -0.524. The van der Waals surface area contributed by atoms with E-state index in [9.17, 15) is 14.4 Å². The predicted octanol–water partition coefficient (Wildman–Crippen LogP) is 2.26. The summed E-state index contributed by atoms with van der Waals surface area (Å²) in [5.74, 6) is -1.31. The van der Waals surface area contributed by atoms with Crippen LogP contribution in [0.5, 0.6) is 0 Å². The van der Waals surface area contributed by atoms with Crippen molar-refractivity contribution in [3.05, 3.63) is 69.2 Å². The van der Waals surface area contributed by atoms with Gasteiger partial charge in [-0.05, 0) is 49.7 Å². The summed E-state index contributed by atoms with van der Waals surface area (Å²) in [6.07, 6.45) is 0. The smallest absolute Gasteiger partial charge is 0.269 e. The Bertz CT molecular complexity index is 804. The number of halogens is 1. The van der Waals surface area contributed by atoms with Gasteiger partial charge in [0.2, 0.25) is 0 Å². The van der Waals surface area contributed by atoms with Crippen LogP contribution in [0.1, 0.15) is 31.8 Å². The zero-order valence-corrected chi connectivity index (χ0v) is 15.4. The van der Waals surface area contributed by atoms with Crippen LogP contribution in [0.2, 0.25) is 0 Å². The van der Waals surface area contributed by atoms with E-state index in [-0.39, 0.29) is 12.5 Å². The number of hydrogen-bond acceptors (Lipinski definition) is 3. The minimum Gasteiger partial charge on any atom is -0.343 e. The fourth-order valence-corrected chi connectivity index (χ4v) is 2.43. The maximum absolute atomic E-state index is 12.1. The van der Waals surface area contributed by atoms with Crippen LogP contribution in [0.25, 0.3) is 0 Å². The number of nitrogens with one attached hydrogen (secondary N) is 3. The fourth-order valence-electron chi connectivity index (χ4n) is 2.17. The first-order valence-electron chi connectivity index (χ1n) is 7.57. The maximum Gasteiger partial charge on any atom is 0.269 e. The van der Waals surface area contributed by atoms with Gasteiger partial charge < -0.3 is 5.32 Å². The van der Waals surface area contributed by atoms with Gasteiger partial charge in [0, 0.05) is 15.6 Å². The Hall–Kier alpha value is -2.67. The van der Waals surface area contributed by atoms with Crippen LogP contribution in [0.4, 0.5) is 0 Å². The molecule has 3 N–H and O–H groups in total. The molecule has 0 fully saturated rings. The molecule has 0 aliphatic heterocycles. The highest BCUT2D eigenvalue weighted by Crippen LogP contribution is 2.10. The van der Waals surface area contributed by atoms with Gasteiger partial charge in [-0.3, -0.25) is 25.2 Å². The highest BCUT2D eigenvalue weighted by Gasteiger charge is 2.11. The summed E-state index contributed by atoms with van der Waals surface area (Å²) in [4.78, 5) is 35.7. The topological polar surface area (TPSA) is 87.3 Å². The molecule has 0 unspecified atom stereocenters. The average molecular weight is 404 g/mol. The van der Waals surface area contributed by atoms with E-state index in [4.69, 9.17) is 0 Å². The molecule has 6 nitrogen and oxygen atoms in total. The van der Waals surface area contributed by atoms with Gasteiger partial charge >= 0.3 is 0 Å². The van der Waals surface area contributed by atoms with Gasteiger partial charge in [-0.2, -0.15) is 0 Å². The number of carbonyl (C=O) groups is 3. The molecule has 0 aromatic heterocycles. The number of benzene rings is 2. The van der Waals surface area contributed by atoms with E-state index in [1.807, 2.05) is 26.0 Å². The minimum absolute atomic E-state index is 0.248. The van der Waals surface area contributed by atoms with Gasteiger partial charge in [0.25, 0.3) is 17.7 Å². The number of aryl methyl sites for hydroxylation is 2. The second-order valence-electron chi connectivity index (χ2n) is 5.51. The van der Waals surface area contributed by atoms with Crippen LogP contribution >= 0.6 is 15.9 Å². The zero-order chi connectivity index (χ0) is 18.4. The Labute approximate surface area is 154 Å². The molecule has 0 saturated carbocycles. The van der Waals surface area contributed by atoms with Gasteiger partial charge in [0.15, 0.2) is 0 Å². The molecular formula is C18H18BrN3O3. The Morgan fingerprint density at radius 1 is 0.920 bits per heavy atom. The summed E-state index contributed by atoms with van der Waals surface area (Å²) in [5, 5.41) is 2.48. The first-order chi connectivity index (χ1) is 11.9. The van der Waals surface area contributed by atoms with E-state index in [0.717, 1.165) is 15.6 Å². The monoisotopic (exact) mass is 403 g/mol. The molecule has 7 heteroatoms. The normalized spacial score (nSPS) is 10.0. The molecule has 0 radical (unpaired) electrons. The van der Waals surface area contributed by atoms with E-state index in [0.29, 0.717) is 11.1 Å². The third-order valence-electron chi connectivity index (χ3n) is 3.46. The van der Waals surface area contributed by atoms with Crippen LogP contribution in [-0.2, 0) is 4.79 Å². The molecule has 0 heterocycles. The van der Waals surface area contributed by atoms with Crippen LogP contribution in [0.3, 0.4) is 0 Å². The molecule has 2 aromatic rings. The van der Waals surface area contributed by atoms with Crippen molar-refractivity contribution >= 4 is 33.7 Å². The maximum atomic E-state index is 12.1. The Morgan fingerprint density at radius 2 is 1.60 bits per heavy atom. The molecular weight excluding hydrogens is 386 g/mol. The first kappa shape index (κ1) is 18.7. The largest absolute Gasteiger partial charge is 0.343 e.